The van der Waals surface area contributed by atoms with Crippen LogP contribution >= 0.6 is 0 Å². The van der Waals surface area contributed by atoms with Crippen molar-refractivity contribution < 1.29 is 25.6 Å². The Bertz CT molecular complexity index is 326. The average molecular weight is 232 g/mol. The van der Waals surface area contributed by atoms with Crippen LogP contribution in [0.25, 0.3) is 0 Å². The van der Waals surface area contributed by atoms with Crippen LogP contribution in [0, 0.1) is 0 Å². The lowest BCUT2D eigenvalue weighted by Crippen LogP contribution is -2.16. The Balaban J connectivity index is 3.91. The summed E-state index contributed by atoms with van der Waals surface area (Å²) >= 11 is 0. The molecule has 0 fully saturated rings. The Morgan fingerprint density at radius 3 is 2.08 bits per heavy atom. The van der Waals surface area contributed by atoms with E-state index < -0.39 is 32.6 Å². The van der Waals surface area contributed by atoms with Crippen molar-refractivity contribution in [2.45, 2.75) is 13.3 Å². The fourth-order valence-corrected chi connectivity index (χ4v) is 1.93. The normalized spacial score (nSPS) is 13.1. The summed E-state index contributed by atoms with van der Waals surface area (Å²) in [5.74, 6) is -0.867. The second-order valence-electron chi connectivity index (χ2n) is 2.37. The van der Waals surface area contributed by atoms with Gasteiger partial charge in [0.15, 0.2) is 0 Å². The molecule has 0 spiro atoms. The molecule has 13 heavy (non-hydrogen) atoms. The van der Waals surface area contributed by atoms with Crippen molar-refractivity contribution in [3.63, 3.8) is 0 Å². The van der Waals surface area contributed by atoms with E-state index in [-0.39, 0.29) is 5.75 Å². The lowest BCUT2D eigenvalue weighted by atomic mass is 10.6. The maximum atomic E-state index is 10.8. The Labute approximate surface area is 77.8 Å². The van der Waals surface area contributed by atoms with Gasteiger partial charge in [-0.3, -0.25) is 8.74 Å². The van der Waals surface area contributed by atoms with Crippen LogP contribution in [-0.4, -0.2) is 39.5 Å². The molecule has 0 saturated carbocycles. The fourth-order valence-electron chi connectivity index (χ4n) is 0.575. The molecule has 0 unspecified atom stereocenters. The zero-order valence-electron chi connectivity index (χ0n) is 7.13. The lowest BCUT2D eigenvalue weighted by molar-refractivity contribution is 0.334. The summed E-state index contributed by atoms with van der Waals surface area (Å²) in [6, 6.07) is 0. The van der Waals surface area contributed by atoms with E-state index in [9.17, 15) is 16.8 Å². The summed E-state index contributed by atoms with van der Waals surface area (Å²) < 4.78 is 54.5. The SMILES string of the molecule is CCCS(=O)(=O)OCCS(=O)(=O)O. The smallest absolute Gasteiger partial charge is 0.267 e. The molecule has 0 rings (SSSR count). The summed E-state index contributed by atoms with van der Waals surface area (Å²) in [6.07, 6.45) is 0.397. The molecule has 0 saturated heterocycles. The topological polar surface area (TPSA) is 97.7 Å². The molecule has 0 aromatic heterocycles. The molecule has 1 N–H and O–H groups in total. The highest BCUT2D eigenvalue weighted by molar-refractivity contribution is 7.87. The van der Waals surface area contributed by atoms with Gasteiger partial charge in [-0.1, -0.05) is 6.92 Å². The van der Waals surface area contributed by atoms with Crippen LogP contribution in [0.3, 0.4) is 0 Å². The predicted octanol–water partition coefficient (Wildman–Crippen LogP) is -0.369. The van der Waals surface area contributed by atoms with Gasteiger partial charge in [0.25, 0.3) is 20.2 Å². The van der Waals surface area contributed by atoms with Gasteiger partial charge in [-0.2, -0.15) is 16.8 Å². The summed E-state index contributed by atoms with van der Waals surface area (Å²) in [5, 5.41) is 0. The van der Waals surface area contributed by atoms with Gasteiger partial charge in [0, 0.05) is 0 Å². The fraction of sp³-hybridized carbons (Fsp3) is 1.00. The molecule has 80 valence electrons. The van der Waals surface area contributed by atoms with E-state index in [4.69, 9.17) is 4.55 Å². The minimum absolute atomic E-state index is 0.154. The zero-order chi connectivity index (χ0) is 10.5. The molecular weight excluding hydrogens is 220 g/mol. The monoisotopic (exact) mass is 232 g/mol. The highest BCUT2D eigenvalue weighted by atomic mass is 32.2. The van der Waals surface area contributed by atoms with Gasteiger partial charge < -0.3 is 0 Å². The van der Waals surface area contributed by atoms with Crippen LogP contribution in [-0.2, 0) is 24.4 Å². The Kier molecular flexibility index (Phi) is 4.82. The van der Waals surface area contributed by atoms with E-state index in [2.05, 4.69) is 4.18 Å². The van der Waals surface area contributed by atoms with Gasteiger partial charge in [0.1, 0.15) is 5.75 Å². The van der Waals surface area contributed by atoms with Gasteiger partial charge in [0.2, 0.25) is 0 Å². The predicted molar refractivity (Wildman–Crippen MR) is 46.4 cm³/mol. The molecule has 0 heterocycles. The molecule has 0 radical (unpaired) electrons. The quantitative estimate of drug-likeness (QED) is 0.495. The molecule has 0 aliphatic rings. The third-order valence-corrected chi connectivity index (χ3v) is 3.17. The zero-order valence-corrected chi connectivity index (χ0v) is 8.77. The number of hydrogen-bond acceptors (Lipinski definition) is 5. The highest BCUT2D eigenvalue weighted by Gasteiger charge is 2.12. The minimum atomic E-state index is -4.15. The summed E-state index contributed by atoms with van der Waals surface area (Å²) in [5.41, 5.74) is 0. The molecule has 0 bridgehead atoms. The van der Waals surface area contributed by atoms with Crippen molar-refractivity contribution in [1.82, 2.24) is 0 Å². The van der Waals surface area contributed by atoms with E-state index in [1.165, 1.54) is 0 Å². The lowest BCUT2D eigenvalue weighted by Gasteiger charge is -2.01. The van der Waals surface area contributed by atoms with Crippen molar-refractivity contribution in [3.05, 3.63) is 0 Å². The average Bonchev–Trinajstić information content (AvgIpc) is 1.82. The molecule has 6 nitrogen and oxygen atoms in total. The molecule has 0 atom stereocenters. The standard InChI is InChI=1S/C5H12O6S2/c1-2-4-13(9,10)11-3-5-12(6,7)8/h2-5H2,1H3,(H,6,7,8). The number of hydrogen-bond donors (Lipinski definition) is 1. The third kappa shape index (κ3) is 8.16. The van der Waals surface area contributed by atoms with Crippen LogP contribution in [0.1, 0.15) is 13.3 Å². The van der Waals surface area contributed by atoms with E-state index in [1.807, 2.05) is 0 Å². The number of rotatable bonds is 6. The maximum absolute atomic E-state index is 10.8. The molecule has 0 aliphatic carbocycles. The first-order valence-corrected chi connectivity index (χ1v) is 6.78. The van der Waals surface area contributed by atoms with Gasteiger partial charge in [-0.05, 0) is 6.42 Å². The van der Waals surface area contributed by atoms with Crippen LogP contribution in [0.4, 0.5) is 0 Å². The molecule has 0 amide bonds. The van der Waals surface area contributed by atoms with Crippen LogP contribution in [0.15, 0.2) is 0 Å². The van der Waals surface area contributed by atoms with Crippen molar-refractivity contribution in [1.29, 1.82) is 0 Å². The van der Waals surface area contributed by atoms with E-state index in [1.54, 1.807) is 6.92 Å². The largest absolute Gasteiger partial charge is 0.285 e. The van der Waals surface area contributed by atoms with Crippen LogP contribution < -0.4 is 0 Å². The molecule has 0 aromatic carbocycles. The molecular formula is C5H12O6S2. The van der Waals surface area contributed by atoms with Gasteiger partial charge >= 0.3 is 0 Å². The molecule has 0 aliphatic heterocycles. The Morgan fingerprint density at radius 2 is 1.69 bits per heavy atom. The van der Waals surface area contributed by atoms with E-state index in [0.29, 0.717) is 6.42 Å². The molecule has 8 heteroatoms. The van der Waals surface area contributed by atoms with E-state index in [0.717, 1.165) is 0 Å². The van der Waals surface area contributed by atoms with Gasteiger partial charge in [-0.15, -0.1) is 0 Å². The van der Waals surface area contributed by atoms with Crippen LogP contribution in [0.5, 0.6) is 0 Å². The second kappa shape index (κ2) is 4.89. The second-order valence-corrected chi connectivity index (χ2v) is 5.70. The first kappa shape index (κ1) is 12.8. The highest BCUT2D eigenvalue weighted by Crippen LogP contribution is 1.96. The summed E-state index contributed by atoms with van der Waals surface area (Å²) in [7, 11) is -7.78. The van der Waals surface area contributed by atoms with Gasteiger partial charge in [0.05, 0.1) is 12.4 Å². The Hall–Kier alpha value is -0.180. The first-order valence-electron chi connectivity index (χ1n) is 3.59. The minimum Gasteiger partial charge on any atom is -0.285 e. The first-order chi connectivity index (χ1) is 5.77. The maximum Gasteiger partial charge on any atom is 0.267 e. The molecule has 0 aromatic rings. The Morgan fingerprint density at radius 1 is 1.15 bits per heavy atom. The van der Waals surface area contributed by atoms with E-state index >= 15 is 0 Å². The van der Waals surface area contributed by atoms with Gasteiger partial charge in [-0.25, -0.2) is 0 Å². The van der Waals surface area contributed by atoms with Crippen molar-refractivity contribution in [2.75, 3.05) is 18.1 Å². The van der Waals surface area contributed by atoms with Crippen molar-refractivity contribution >= 4 is 20.2 Å². The summed E-state index contributed by atoms with van der Waals surface area (Å²) in [6.45, 7) is 1.12. The third-order valence-electron chi connectivity index (χ3n) is 1.06. The van der Waals surface area contributed by atoms with Crippen molar-refractivity contribution in [3.8, 4) is 0 Å². The van der Waals surface area contributed by atoms with Crippen molar-refractivity contribution in [2.24, 2.45) is 0 Å². The van der Waals surface area contributed by atoms with Crippen LogP contribution in [0.2, 0.25) is 0 Å². The summed E-state index contributed by atoms with van der Waals surface area (Å²) in [4.78, 5) is 0.